The first kappa shape index (κ1) is 16.7. The van der Waals surface area contributed by atoms with E-state index in [1.165, 1.54) is 12.1 Å². The average molecular weight is 352 g/mol. The van der Waals surface area contributed by atoms with Gasteiger partial charge in [-0.25, -0.2) is 9.37 Å². The third-order valence-corrected chi connectivity index (χ3v) is 4.87. The van der Waals surface area contributed by atoms with E-state index >= 15 is 0 Å². The number of carbonyl (C=O) groups excluding carboxylic acids is 1. The highest BCUT2D eigenvalue weighted by atomic mass is 19.1. The van der Waals surface area contributed by atoms with Crippen LogP contribution in [0.4, 0.5) is 4.39 Å². The summed E-state index contributed by atoms with van der Waals surface area (Å²) in [4.78, 5) is 19.5. The van der Waals surface area contributed by atoms with Gasteiger partial charge in [-0.05, 0) is 43.5 Å². The van der Waals surface area contributed by atoms with E-state index in [0.29, 0.717) is 18.0 Å². The lowest BCUT2D eigenvalue weighted by Crippen LogP contribution is -2.26. The molecule has 0 bridgehead atoms. The molecule has 134 valence electrons. The molecule has 0 N–H and O–H groups in total. The summed E-state index contributed by atoms with van der Waals surface area (Å²) in [6.07, 6.45) is 2.23. The quantitative estimate of drug-likeness (QED) is 0.721. The van der Waals surface area contributed by atoms with Gasteiger partial charge in [-0.15, -0.1) is 0 Å². The first-order chi connectivity index (χ1) is 12.4. The van der Waals surface area contributed by atoms with Gasteiger partial charge >= 0.3 is 0 Å². The number of carbonyl (C=O) groups is 1. The van der Waals surface area contributed by atoms with Gasteiger partial charge in [0.2, 0.25) is 0 Å². The Balaban J connectivity index is 1.73. The molecule has 1 amide bonds. The van der Waals surface area contributed by atoms with E-state index in [9.17, 15) is 9.18 Å². The molecule has 1 aliphatic carbocycles. The number of aryl methyl sites for hydroxylation is 2. The molecule has 26 heavy (non-hydrogen) atoms. The highest BCUT2D eigenvalue weighted by Crippen LogP contribution is 2.40. The molecule has 1 saturated carbocycles. The van der Waals surface area contributed by atoms with Crippen molar-refractivity contribution in [2.75, 3.05) is 7.05 Å². The van der Waals surface area contributed by atoms with Crippen LogP contribution >= 0.6 is 0 Å². The first-order valence-electron chi connectivity index (χ1n) is 8.78. The summed E-state index contributed by atoms with van der Waals surface area (Å²) in [5.41, 5.74) is 3.88. The second kappa shape index (κ2) is 6.20. The fourth-order valence-electron chi connectivity index (χ4n) is 3.41. The van der Waals surface area contributed by atoms with Crippen molar-refractivity contribution >= 4 is 16.9 Å². The van der Waals surface area contributed by atoms with Crippen molar-refractivity contribution in [3.63, 3.8) is 0 Å². The molecule has 0 radical (unpaired) electrons. The average Bonchev–Trinajstić information content (AvgIpc) is 3.40. The van der Waals surface area contributed by atoms with E-state index in [0.717, 1.165) is 40.8 Å². The summed E-state index contributed by atoms with van der Waals surface area (Å²) in [5.74, 6) is 0.0446. The molecule has 0 unspecified atom stereocenters. The number of benzene rings is 1. The van der Waals surface area contributed by atoms with Gasteiger partial charge in [-0.1, -0.05) is 12.1 Å². The number of amides is 1. The summed E-state index contributed by atoms with van der Waals surface area (Å²) < 4.78 is 15.2. The van der Waals surface area contributed by atoms with Crippen molar-refractivity contribution in [2.24, 2.45) is 7.05 Å². The minimum Gasteiger partial charge on any atom is -0.337 e. The third kappa shape index (κ3) is 2.96. The fraction of sp³-hybridized carbons (Fsp3) is 0.350. The summed E-state index contributed by atoms with van der Waals surface area (Å²) in [6.45, 7) is 2.24. The van der Waals surface area contributed by atoms with E-state index in [1.807, 2.05) is 26.1 Å². The molecule has 1 aliphatic rings. The van der Waals surface area contributed by atoms with E-state index in [1.54, 1.807) is 22.7 Å². The minimum atomic E-state index is -0.297. The van der Waals surface area contributed by atoms with Gasteiger partial charge in [0.25, 0.3) is 5.91 Å². The summed E-state index contributed by atoms with van der Waals surface area (Å²) in [7, 11) is 3.59. The molecule has 0 saturated heterocycles. The molecule has 5 nitrogen and oxygen atoms in total. The number of pyridine rings is 1. The Morgan fingerprint density at radius 2 is 2.12 bits per heavy atom. The van der Waals surface area contributed by atoms with Gasteiger partial charge in [0, 0.05) is 32.3 Å². The standard InChI is InChI=1S/C20H21FN4O/c1-12-18-16(10-17(14-7-8-14)22-19(18)25(3)23-12)20(26)24(2)11-13-5-4-6-15(21)9-13/h4-6,9-10,14H,7-8,11H2,1-3H3. The van der Waals surface area contributed by atoms with Gasteiger partial charge in [0.15, 0.2) is 5.65 Å². The largest absolute Gasteiger partial charge is 0.337 e. The molecule has 2 aromatic heterocycles. The number of nitrogens with zero attached hydrogens (tertiary/aromatic N) is 4. The second-order valence-corrected chi connectivity index (χ2v) is 7.07. The van der Waals surface area contributed by atoms with Gasteiger partial charge in [0.05, 0.1) is 16.6 Å². The van der Waals surface area contributed by atoms with Crippen LogP contribution in [0.3, 0.4) is 0 Å². The van der Waals surface area contributed by atoms with Crippen LogP contribution in [0.25, 0.3) is 11.0 Å². The topological polar surface area (TPSA) is 51.0 Å². The van der Waals surface area contributed by atoms with Crippen molar-refractivity contribution in [3.8, 4) is 0 Å². The predicted molar refractivity (Wildman–Crippen MR) is 97.4 cm³/mol. The lowest BCUT2D eigenvalue weighted by Gasteiger charge is -2.18. The highest BCUT2D eigenvalue weighted by molar-refractivity contribution is 6.06. The fourth-order valence-corrected chi connectivity index (χ4v) is 3.41. The molecule has 6 heteroatoms. The van der Waals surface area contributed by atoms with Crippen LogP contribution in [-0.2, 0) is 13.6 Å². The van der Waals surface area contributed by atoms with Crippen LogP contribution in [0.1, 0.15) is 46.1 Å². The molecule has 1 fully saturated rings. The van der Waals surface area contributed by atoms with Crippen LogP contribution in [0, 0.1) is 12.7 Å². The lowest BCUT2D eigenvalue weighted by atomic mass is 10.1. The Kier molecular flexibility index (Phi) is 3.98. The molecule has 0 aliphatic heterocycles. The summed E-state index contributed by atoms with van der Waals surface area (Å²) in [5, 5.41) is 5.24. The number of halogens is 1. The molecular weight excluding hydrogens is 331 g/mol. The Morgan fingerprint density at radius 3 is 2.81 bits per heavy atom. The van der Waals surface area contributed by atoms with Crippen LogP contribution in [0.15, 0.2) is 30.3 Å². The Morgan fingerprint density at radius 1 is 1.35 bits per heavy atom. The van der Waals surface area contributed by atoms with E-state index in [2.05, 4.69) is 5.10 Å². The van der Waals surface area contributed by atoms with Crippen molar-refractivity contribution in [1.29, 1.82) is 0 Å². The number of hydrogen-bond donors (Lipinski definition) is 0. The predicted octanol–water partition coefficient (Wildman–Crippen LogP) is 3.57. The Bertz CT molecular complexity index is 1010. The molecule has 0 atom stereocenters. The van der Waals surface area contributed by atoms with Crippen LogP contribution in [0.5, 0.6) is 0 Å². The van der Waals surface area contributed by atoms with Gasteiger partial charge in [-0.3, -0.25) is 9.48 Å². The Labute approximate surface area is 151 Å². The van der Waals surface area contributed by atoms with Crippen LogP contribution < -0.4 is 0 Å². The maximum atomic E-state index is 13.4. The van der Waals surface area contributed by atoms with E-state index in [-0.39, 0.29) is 11.7 Å². The molecule has 3 aromatic rings. The van der Waals surface area contributed by atoms with Gasteiger partial charge in [0.1, 0.15) is 5.82 Å². The Hall–Kier alpha value is -2.76. The summed E-state index contributed by atoms with van der Waals surface area (Å²) >= 11 is 0. The van der Waals surface area contributed by atoms with E-state index in [4.69, 9.17) is 4.98 Å². The van der Waals surface area contributed by atoms with Crippen molar-refractivity contribution in [2.45, 2.75) is 32.2 Å². The highest BCUT2D eigenvalue weighted by Gasteiger charge is 2.29. The van der Waals surface area contributed by atoms with Crippen molar-refractivity contribution in [3.05, 3.63) is 58.7 Å². The molecule has 0 spiro atoms. The number of fused-ring (bicyclic) bond motifs is 1. The minimum absolute atomic E-state index is 0.0975. The molecular formula is C20H21FN4O. The van der Waals surface area contributed by atoms with Gasteiger partial charge < -0.3 is 4.90 Å². The maximum absolute atomic E-state index is 13.4. The van der Waals surface area contributed by atoms with Gasteiger partial charge in [-0.2, -0.15) is 5.10 Å². The zero-order valence-corrected chi connectivity index (χ0v) is 15.2. The van der Waals surface area contributed by atoms with Crippen molar-refractivity contribution < 1.29 is 9.18 Å². The zero-order chi connectivity index (χ0) is 18.4. The normalized spacial score (nSPS) is 14.0. The van der Waals surface area contributed by atoms with E-state index < -0.39 is 0 Å². The van der Waals surface area contributed by atoms with Crippen molar-refractivity contribution in [1.82, 2.24) is 19.7 Å². The lowest BCUT2D eigenvalue weighted by molar-refractivity contribution is 0.0786. The first-order valence-corrected chi connectivity index (χ1v) is 8.78. The monoisotopic (exact) mass is 352 g/mol. The smallest absolute Gasteiger partial charge is 0.254 e. The molecule has 1 aromatic carbocycles. The molecule has 2 heterocycles. The molecule has 4 rings (SSSR count). The summed E-state index contributed by atoms with van der Waals surface area (Å²) in [6, 6.07) is 8.25. The SMILES string of the molecule is Cc1nn(C)c2nc(C3CC3)cc(C(=O)N(C)Cc3cccc(F)c3)c12. The maximum Gasteiger partial charge on any atom is 0.254 e. The van der Waals surface area contributed by atoms with Crippen LogP contribution in [0.2, 0.25) is 0 Å². The number of rotatable bonds is 4. The third-order valence-electron chi connectivity index (χ3n) is 4.87. The zero-order valence-electron chi connectivity index (χ0n) is 15.2. The number of aromatic nitrogens is 3. The second-order valence-electron chi connectivity index (χ2n) is 7.07. The number of hydrogen-bond acceptors (Lipinski definition) is 3. The van der Waals surface area contributed by atoms with Crippen LogP contribution in [-0.4, -0.2) is 32.6 Å².